The molecule has 1 saturated heterocycles. The number of nitrogens with one attached hydrogen (secondary N) is 1. The molecule has 2 N–H and O–H groups in total. The Kier molecular flexibility index (Phi) is 6.29. The first kappa shape index (κ1) is 20.9. The Bertz CT molecular complexity index is 1040. The third kappa shape index (κ3) is 4.63. The number of carbonyl (C=O) groups excluding carboxylic acids is 3. The Hall–Kier alpha value is -2.78. The molecule has 1 aliphatic heterocycles. The number of carbonyl (C=O) groups is 3. The number of methoxy groups -OCH3 is 1. The highest BCUT2D eigenvalue weighted by molar-refractivity contribution is 9.10. The number of ether oxygens (including phenoxy) is 1. The van der Waals surface area contributed by atoms with E-state index in [1.165, 1.54) is 13.2 Å². The van der Waals surface area contributed by atoms with E-state index < -0.39 is 17.1 Å². The zero-order valence-corrected chi connectivity index (χ0v) is 18.0. The number of amides is 3. The number of benzene rings is 2. The van der Waals surface area contributed by atoms with Gasteiger partial charge >= 0.3 is 0 Å². The largest absolute Gasteiger partial charge is 0.503 e. The first-order valence-corrected chi connectivity index (χ1v) is 10.1. The predicted molar refractivity (Wildman–Crippen MR) is 115 cm³/mol. The summed E-state index contributed by atoms with van der Waals surface area (Å²) in [6.07, 6.45) is 1.51. The molecule has 0 aliphatic carbocycles. The van der Waals surface area contributed by atoms with E-state index in [0.29, 0.717) is 15.7 Å². The number of hydrogen-bond donors (Lipinski definition) is 2. The molecule has 2 aromatic rings. The van der Waals surface area contributed by atoms with Gasteiger partial charge in [-0.15, -0.1) is 0 Å². The van der Waals surface area contributed by atoms with Crippen LogP contribution in [0.3, 0.4) is 0 Å². The molecule has 29 heavy (non-hydrogen) atoms. The molecule has 1 heterocycles. The van der Waals surface area contributed by atoms with Crippen molar-refractivity contribution in [3.63, 3.8) is 0 Å². The lowest BCUT2D eigenvalue weighted by atomic mass is 10.2. The van der Waals surface area contributed by atoms with E-state index in [1.54, 1.807) is 24.3 Å². The molecule has 7 nitrogen and oxygen atoms in total. The predicted octanol–water partition coefficient (Wildman–Crippen LogP) is 4.15. The number of phenolic OH excluding ortho intramolecular Hbond substituents is 1. The minimum Gasteiger partial charge on any atom is -0.503 e. The van der Waals surface area contributed by atoms with Gasteiger partial charge in [0.2, 0.25) is 5.91 Å². The number of phenols is 1. The zero-order valence-electron chi connectivity index (χ0n) is 15.6. The maximum absolute atomic E-state index is 12.6. The lowest BCUT2D eigenvalue weighted by Gasteiger charge is -2.13. The van der Waals surface area contributed by atoms with Gasteiger partial charge in [-0.1, -0.05) is 18.2 Å². The number of rotatable bonds is 5. The van der Waals surface area contributed by atoms with E-state index in [9.17, 15) is 19.5 Å². The summed E-state index contributed by atoms with van der Waals surface area (Å²) < 4.78 is 5.48. The monoisotopic (exact) mass is 476 g/mol. The summed E-state index contributed by atoms with van der Waals surface area (Å²) in [6.45, 7) is 1.47. The maximum Gasteiger partial charge on any atom is 0.294 e. The number of aryl methyl sites for hydroxylation is 1. The van der Waals surface area contributed by atoms with E-state index in [2.05, 4.69) is 21.2 Å². The van der Waals surface area contributed by atoms with Gasteiger partial charge in [-0.25, -0.2) is 0 Å². The van der Waals surface area contributed by atoms with Crippen LogP contribution in [0.25, 0.3) is 6.08 Å². The van der Waals surface area contributed by atoms with Crippen molar-refractivity contribution in [3.05, 3.63) is 56.9 Å². The Morgan fingerprint density at radius 3 is 2.72 bits per heavy atom. The molecule has 1 aliphatic rings. The van der Waals surface area contributed by atoms with E-state index in [-0.39, 0.29) is 22.9 Å². The molecule has 3 amide bonds. The van der Waals surface area contributed by atoms with Gasteiger partial charge in [-0.05, 0) is 70.0 Å². The molecule has 2 aromatic carbocycles. The number of thioether (sulfide) groups is 1. The molecule has 0 spiro atoms. The summed E-state index contributed by atoms with van der Waals surface area (Å²) >= 11 is 3.97. The highest BCUT2D eigenvalue weighted by Crippen LogP contribution is 2.38. The summed E-state index contributed by atoms with van der Waals surface area (Å²) in [5, 5.41) is 12.1. The molecule has 3 rings (SSSR count). The number of halogens is 1. The molecule has 9 heteroatoms. The lowest BCUT2D eigenvalue weighted by molar-refractivity contribution is -0.127. The SMILES string of the molecule is COc1cc(C=C2SC(=O)N(CC(=O)Nc3ccccc3C)C2=O)cc(Br)c1O. The fraction of sp³-hybridized carbons (Fsp3) is 0.150. The number of anilines is 1. The number of nitrogens with zero attached hydrogens (tertiary/aromatic N) is 1. The van der Waals surface area contributed by atoms with Gasteiger partial charge < -0.3 is 15.2 Å². The number of aromatic hydroxyl groups is 1. The highest BCUT2D eigenvalue weighted by Gasteiger charge is 2.36. The van der Waals surface area contributed by atoms with Crippen LogP contribution in [0.1, 0.15) is 11.1 Å². The van der Waals surface area contributed by atoms with Crippen molar-refractivity contribution < 1.29 is 24.2 Å². The standard InChI is InChI=1S/C20H17BrN2O5S/c1-11-5-3-4-6-14(11)22-17(24)10-23-19(26)16(29-20(23)27)9-12-7-13(21)18(25)15(8-12)28-2/h3-9,25H,10H2,1-2H3,(H,22,24). The van der Waals surface area contributed by atoms with Gasteiger partial charge in [0.1, 0.15) is 6.54 Å². The molecule has 150 valence electrons. The minimum atomic E-state index is -0.553. The van der Waals surface area contributed by atoms with Crippen LogP contribution >= 0.6 is 27.7 Å². The van der Waals surface area contributed by atoms with Crippen LogP contribution in [0.4, 0.5) is 10.5 Å². The van der Waals surface area contributed by atoms with Crippen LogP contribution in [0.2, 0.25) is 0 Å². The summed E-state index contributed by atoms with van der Waals surface area (Å²) in [5.41, 5.74) is 2.06. The van der Waals surface area contributed by atoms with E-state index in [4.69, 9.17) is 4.74 Å². The molecule has 0 saturated carbocycles. The van der Waals surface area contributed by atoms with E-state index in [0.717, 1.165) is 22.2 Å². The summed E-state index contributed by atoms with van der Waals surface area (Å²) in [4.78, 5) is 38.3. The Morgan fingerprint density at radius 2 is 2.03 bits per heavy atom. The van der Waals surface area contributed by atoms with Crippen LogP contribution in [0.5, 0.6) is 11.5 Å². The first-order valence-electron chi connectivity index (χ1n) is 8.47. The fourth-order valence-electron chi connectivity index (χ4n) is 2.67. The average molecular weight is 477 g/mol. The average Bonchev–Trinajstić information content (AvgIpc) is 2.93. The Labute approximate surface area is 179 Å². The van der Waals surface area contributed by atoms with Crippen LogP contribution in [0.15, 0.2) is 45.8 Å². The van der Waals surface area contributed by atoms with Crippen LogP contribution in [-0.2, 0) is 9.59 Å². The quantitative estimate of drug-likeness (QED) is 0.629. The van der Waals surface area contributed by atoms with Gasteiger partial charge in [0.05, 0.1) is 16.5 Å². The maximum atomic E-state index is 12.6. The van der Waals surface area contributed by atoms with Crippen molar-refractivity contribution >= 4 is 56.5 Å². The van der Waals surface area contributed by atoms with E-state index in [1.807, 2.05) is 19.1 Å². The first-order chi connectivity index (χ1) is 13.8. The molecule has 0 radical (unpaired) electrons. The summed E-state index contributed by atoms with van der Waals surface area (Å²) in [7, 11) is 1.41. The normalized spacial score (nSPS) is 15.1. The zero-order chi connectivity index (χ0) is 21.1. The van der Waals surface area contributed by atoms with Gasteiger partial charge in [0.25, 0.3) is 11.1 Å². The molecule has 0 bridgehead atoms. The number of imide groups is 1. The number of para-hydroxylation sites is 1. The second-order valence-electron chi connectivity index (χ2n) is 6.18. The van der Waals surface area contributed by atoms with Crippen molar-refractivity contribution in [2.24, 2.45) is 0 Å². The molecule has 0 aromatic heterocycles. The summed E-state index contributed by atoms with van der Waals surface area (Å²) in [6, 6.07) is 10.4. The van der Waals surface area contributed by atoms with Crippen molar-refractivity contribution in [3.8, 4) is 11.5 Å². The highest BCUT2D eigenvalue weighted by atomic mass is 79.9. The van der Waals surface area contributed by atoms with Crippen molar-refractivity contribution in [1.29, 1.82) is 0 Å². The van der Waals surface area contributed by atoms with Crippen molar-refractivity contribution in [2.45, 2.75) is 6.92 Å². The van der Waals surface area contributed by atoms with Crippen molar-refractivity contribution in [1.82, 2.24) is 4.90 Å². The third-order valence-corrected chi connectivity index (χ3v) is 5.67. The van der Waals surface area contributed by atoms with Gasteiger partial charge in [-0.3, -0.25) is 19.3 Å². The molecule has 1 fully saturated rings. The lowest BCUT2D eigenvalue weighted by Crippen LogP contribution is -2.36. The second kappa shape index (κ2) is 8.71. The number of hydrogen-bond acceptors (Lipinski definition) is 6. The molecular weight excluding hydrogens is 460 g/mol. The smallest absolute Gasteiger partial charge is 0.294 e. The molecule has 0 atom stereocenters. The molecule has 0 unspecified atom stereocenters. The summed E-state index contributed by atoms with van der Waals surface area (Å²) in [5.74, 6) is -0.854. The van der Waals surface area contributed by atoms with Crippen LogP contribution < -0.4 is 10.1 Å². The van der Waals surface area contributed by atoms with E-state index >= 15 is 0 Å². The van der Waals surface area contributed by atoms with Crippen LogP contribution in [-0.4, -0.2) is 40.7 Å². The van der Waals surface area contributed by atoms with Gasteiger partial charge in [0, 0.05) is 5.69 Å². The fourth-order valence-corrected chi connectivity index (χ4v) is 3.96. The molecular formula is C20H17BrN2O5S. The Balaban J connectivity index is 1.76. The Morgan fingerprint density at radius 1 is 1.31 bits per heavy atom. The topological polar surface area (TPSA) is 95.9 Å². The second-order valence-corrected chi connectivity index (χ2v) is 8.03. The van der Waals surface area contributed by atoms with Crippen LogP contribution in [0, 0.1) is 6.92 Å². The van der Waals surface area contributed by atoms with Gasteiger partial charge in [0.15, 0.2) is 11.5 Å². The van der Waals surface area contributed by atoms with Gasteiger partial charge in [-0.2, -0.15) is 0 Å². The van der Waals surface area contributed by atoms with Crippen molar-refractivity contribution in [2.75, 3.05) is 19.0 Å². The minimum absolute atomic E-state index is 0.0642. The third-order valence-electron chi connectivity index (χ3n) is 4.16.